The van der Waals surface area contributed by atoms with Crippen LogP contribution in [-0.4, -0.2) is 43.6 Å². The molecule has 0 saturated carbocycles. The molecule has 1 atom stereocenters. The van der Waals surface area contributed by atoms with Crippen LogP contribution < -0.4 is 15.0 Å². The van der Waals surface area contributed by atoms with Crippen LogP contribution >= 0.6 is 0 Å². The van der Waals surface area contributed by atoms with Crippen LogP contribution in [0.15, 0.2) is 48.5 Å². The molecule has 2 aromatic rings. The Bertz CT molecular complexity index is 841. The molecule has 1 aliphatic heterocycles. The van der Waals surface area contributed by atoms with Gasteiger partial charge in [-0.15, -0.1) is 0 Å². The largest absolute Gasteiger partial charge is 0.433 e. The quantitative estimate of drug-likeness (QED) is 0.674. The zero-order valence-corrected chi connectivity index (χ0v) is 17.5. The van der Waals surface area contributed by atoms with Gasteiger partial charge in [-0.1, -0.05) is 30.3 Å². The Balaban J connectivity index is 1.67. The van der Waals surface area contributed by atoms with E-state index in [1.54, 1.807) is 25.1 Å². The molecule has 1 N–H and O–H groups in total. The minimum absolute atomic E-state index is 0.0499. The Hall–Kier alpha value is -2.67. The third-order valence-corrected chi connectivity index (χ3v) is 5.51. The molecule has 0 radical (unpaired) electrons. The molecule has 1 fully saturated rings. The molecular formula is C23H29F2N3O2. The van der Waals surface area contributed by atoms with Crippen LogP contribution in [0.4, 0.5) is 20.2 Å². The first-order chi connectivity index (χ1) is 14.5. The predicted molar refractivity (Wildman–Crippen MR) is 115 cm³/mol. The van der Waals surface area contributed by atoms with E-state index < -0.39 is 12.7 Å². The summed E-state index contributed by atoms with van der Waals surface area (Å²) >= 11 is 0. The molecule has 162 valence electrons. The lowest BCUT2D eigenvalue weighted by atomic mass is 10.1. The van der Waals surface area contributed by atoms with Gasteiger partial charge in [-0.3, -0.25) is 9.69 Å². The molecule has 1 aliphatic rings. The average molecular weight is 418 g/mol. The van der Waals surface area contributed by atoms with E-state index in [0.717, 1.165) is 13.1 Å². The number of carbonyl (C=O) groups excluding carboxylic acids is 1. The van der Waals surface area contributed by atoms with E-state index in [1.807, 2.05) is 24.1 Å². The van der Waals surface area contributed by atoms with E-state index in [0.29, 0.717) is 6.54 Å². The number of amides is 1. The highest BCUT2D eigenvalue weighted by molar-refractivity contribution is 5.95. The topological polar surface area (TPSA) is 44.8 Å². The van der Waals surface area contributed by atoms with Gasteiger partial charge in [-0.05, 0) is 57.0 Å². The summed E-state index contributed by atoms with van der Waals surface area (Å²) in [4.78, 5) is 17.1. The van der Waals surface area contributed by atoms with Gasteiger partial charge in [-0.25, -0.2) is 0 Å². The maximum absolute atomic E-state index is 12.8. The van der Waals surface area contributed by atoms with Gasteiger partial charge in [0.05, 0.1) is 11.7 Å². The summed E-state index contributed by atoms with van der Waals surface area (Å²) < 4.78 is 29.7. The number of rotatable bonds is 8. The Morgan fingerprint density at radius 3 is 2.50 bits per heavy atom. The fraction of sp³-hybridized carbons (Fsp3) is 0.435. The van der Waals surface area contributed by atoms with Gasteiger partial charge < -0.3 is 15.0 Å². The van der Waals surface area contributed by atoms with Crippen molar-refractivity contribution in [3.8, 4) is 5.75 Å². The normalized spacial score (nSPS) is 15.3. The van der Waals surface area contributed by atoms with E-state index >= 15 is 0 Å². The Labute approximate surface area is 176 Å². The Kier molecular flexibility index (Phi) is 7.63. The molecule has 0 bridgehead atoms. The monoisotopic (exact) mass is 417 g/mol. The number of alkyl halides is 2. The van der Waals surface area contributed by atoms with Gasteiger partial charge in [0.1, 0.15) is 5.75 Å². The molecule has 1 heterocycles. The van der Waals surface area contributed by atoms with E-state index in [9.17, 15) is 13.6 Å². The van der Waals surface area contributed by atoms with Gasteiger partial charge in [0, 0.05) is 25.3 Å². The molecule has 7 heteroatoms. The summed E-state index contributed by atoms with van der Waals surface area (Å²) in [5.74, 6) is -0.329. The van der Waals surface area contributed by atoms with E-state index in [1.165, 1.54) is 36.6 Å². The van der Waals surface area contributed by atoms with Crippen molar-refractivity contribution in [1.29, 1.82) is 0 Å². The summed E-state index contributed by atoms with van der Waals surface area (Å²) in [6.45, 7) is 1.57. The lowest BCUT2D eigenvalue weighted by Gasteiger charge is -2.32. The van der Waals surface area contributed by atoms with Crippen LogP contribution in [0.1, 0.15) is 31.7 Å². The molecule has 0 aliphatic carbocycles. The minimum Gasteiger partial charge on any atom is -0.433 e. The number of anilines is 2. The van der Waals surface area contributed by atoms with E-state index in [4.69, 9.17) is 0 Å². The number of likely N-dealkylation sites (N-methyl/N-ethyl adjacent to an activating group) is 1. The molecule has 5 nitrogen and oxygen atoms in total. The molecule has 30 heavy (non-hydrogen) atoms. The van der Waals surface area contributed by atoms with Crippen LogP contribution in [-0.2, 0) is 11.3 Å². The highest BCUT2D eigenvalue weighted by Crippen LogP contribution is 2.27. The van der Waals surface area contributed by atoms with Crippen molar-refractivity contribution in [3.63, 3.8) is 0 Å². The molecule has 1 saturated heterocycles. The lowest BCUT2D eigenvalue weighted by Crippen LogP contribution is -2.39. The van der Waals surface area contributed by atoms with Crippen molar-refractivity contribution in [3.05, 3.63) is 54.1 Å². The zero-order valence-electron chi connectivity index (χ0n) is 17.5. The van der Waals surface area contributed by atoms with Crippen molar-refractivity contribution in [2.24, 2.45) is 0 Å². The predicted octanol–water partition coefficient (Wildman–Crippen LogP) is 4.74. The summed E-state index contributed by atoms with van der Waals surface area (Å²) in [5, 5.41) is 2.71. The number of piperidine rings is 1. The summed E-state index contributed by atoms with van der Waals surface area (Å²) in [5.41, 5.74) is 2.62. The van der Waals surface area contributed by atoms with Gasteiger partial charge in [0.15, 0.2) is 0 Å². The van der Waals surface area contributed by atoms with E-state index in [-0.39, 0.29) is 17.3 Å². The fourth-order valence-corrected chi connectivity index (χ4v) is 3.70. The molecule has 1 amide bonds. The van der Waals surface area contributed by atoms with Crippen molar-refractivity contribution in [2.75, 3.05) is 30.4 Å². The van der Waals surface area contributed by atoms with Crippen molar-refractivity contribution >= 4 is 17.3 Å². The number of nitrogens with one attached hydrogen (secondary N) is 1. The van der Waals surface area contributed by atoms with Gasteiger partial charge >= 0.3 is 6.61 Å². The standard InChI is InChI=1S/C23H29F2N3O2/c1-17(22(29)26-19-11-5-7-13-21(19)30-23(24)25)27(2)16-18-10-4-6-12-20(18)28-14-8-3-9-15-28/h4-7,10-13,17,23H,3,8-9,14-16H2,1-2H3,(H,26,29)/t17-/m0/s1. The Morgan fingerprint density at radius 1 is 1.10 bits per heavy atom. The first kappa shape index (κ1) is 22.0. The molecule has 0 spiro atoms. The number of carbonyl (C=O) groups is 1. The highest BCUT2D eigenvalue weighted by atomic mass is 19.3. The van der Waals surface area contributed by atoms with Gasteiger partial charge in [0.2, 0.25) is 5.91 Å². The number of hydrogen-bond acceptors (Lipinski definition) is 4. The summed E-state index contributed by atoms with van der Waals surface area (Å²) in [6.07, 6.45) is 3.67. The number of para-hydroxylation sites is 3. The van der Waals surface area contributed by atoms with Crippen molar-refractivity contribution < 1.29 is 18.3 Å². The Morgan fingerprint density at radius 2 is 1.77 bits per heavy atom. The number of nitrogens with zero attached hydrogens (tertiary/aromatic N) is 2. The molecular weight excluding hydrogens is 388 g/mol. The average Bonchev–Trinajstić information content (AvgIpc) is 2.75. The maximum Gasteiger partial charge on any atom is 0.387 e. The van der Waals surface area contributed by atoms with Crippen LogP contribution in [0.2, 0.25) is 0 Å². The van der Waals surface area contributed by atoms with Gasteiger partial charge in [0.25, 0.3) is 0 Å². The lowest BCUT2D eigenvalue weighted by molar-refractivity contribution is -0.120. The SMILES string of the molecule is C[C@@H](C(=O)Nc1ccccc1OC(F)F)N(C)Cc1ccccc1N1CCCCC1. The third-order valence-electron chi connectivity index (χ3n) is 5.51. The first-order valence-electron chi connectivity index (χ1n) is 10.3. The second-order valence-corrected chi connectivity index (χ2v) is 7.63. The van der Waals surface area contributed by atoms with E-state index in [2.05, 4.69) is 27.1 Å². The molecule has 0 aromatic heterocycles. The minimum atomic E-state index is -2.95. The molecule has 0 unspecified atom stereocenters. The molecule has 3 rings (SSSR count). The van der Waals surface area contributed by atoms with Crippen molar-refractivity contribution in [2.45, 2.75) is 45.4 Å². The summed E-state index contributed by atoms with van der Waals surface area (Å²) in [6, 6.07) is 14.0. The van der Waals surface area contributed by atoms with Crippen LogP contribution in [0, 0.1) is 0 Å². The third kappa shape index (κ3) is 5.69. The van der Waals surface area contributed by atoms with Crippen LogP contribution in [0.25, 0.3) is 0 Å². The molecule has 2 aromatic carbocycles. The summed E-state index contributed by atoms with van der Waals surface area (Å²) in [7, 11) is 1.89. The number of ether oxygens (including phenoxy) is 1. The number of hydrogen-bond donors (Lipinski definition) is 1. The zero-order chi connectivity index (χ0) is 21.5. The second kappa shape index (κ2) is 10.4. The number of benzene rings is 2. The van der Waals surface area contributed by atoms with Crippen molar-refractivity contribution in [1.82, 2.24) is 4.90 Å². The maximum atomic E-state index is 12.8. The first-order valence-corrected chi connectivity index (χ1v) is 10.3. The van der Waals surface area contributed by atoms with Crippen LogP contribution in [0.3, 0.4) is 0 Å². The fourth-order valence-electron chi connectivity index (χ4n) is 3.70. The van der Waals surface area contributed by atoms with Gasteiger partial charge in [-0.2, -0.15) is 8.78 Å². The highest BCUT2D eigenvalue weighted by Gasteiger charge is 2.22. The number of halogens is 2. The second-order valence-electron chi connectivity index (χ2n) is 7.63. The smallest absolute Gasteiger partial charge is 0.387 e. The van der Waals surface area contributed by atoms with Crippen LogP contribution in [0.5, 0.6) is 5.75 Å².